The van der Waals surface area contributed by atoms with Crippen molar-refractivity contribution in [2.24, 2.45) is 7.05 Å². The molecule has 8 nitrogen and oxygen atoms in total. The quantitative estimate of drug-likeness (QED) is 0.463. The molecule has 2 N–H and O–H groups in total. The summed E-state index contributed by atoms with van der Waals surface area (Å²) in [6, 6.07) is 4.00. The number of H-pyrrole nitrogens is 1. The van der Waals surface area contributed by atoms with Gasteiger partial charge in [-0.05, 0) is 17.7 Å². The predicted octanol–water partition coefficient (Wildman–Crippen LogP) is 3.74. The van der Waals surface area contributed by atoms with Crippen LogP contribution in [0.25, 0.3) is 38.8 Å². The molecule has 5 rings (SSSR count). The van der Waals surface area contributed by atoms with Gasteiger partial charge >= 0.3 is 0 Å². The number of hydrogen-bond donors (Lipinski definition) is 2. The smallest absolute Gasteiger partial charge is 0.262 e. The number of anilines is 1. The summed E-state index contributed by atoms with van der Waals surface area (Å²) >= 11 is 0. The lowest BCUT2D eigenvalue weighted by molar-refractivity contribution is 0.0366. The van der Waals surface area contributed by atoms with E-state index in [0.717, 1.165) is 40.1 Å². The molecule has 0 unspecified atom stereocenters. The van der Waals surface area contributed by atoms with Crippen molar-refractivity contribution >= 4 is 22.5 Å². The molecule has 5 aromatic rings. The average molecular weight is 408 g/mol. The van der Waals surface area contributed by atoms with Crippen molar-refractivity contribution < 1.29 is 8.78 Å². The first-order valence-corrected chi connectivity index (χ1v) is 9.30. The molecule has 0 aliphatic carbocycles. The molecular formula is C20H18F2N8. The molecule has 0 amide bonds. The molecule has 5 aromatic heterocycles. The highest BCUT2D eigenvalue weighted by molar-refractivity contribution is 5.95. The Morgan fingerprint density at radius 1 is 1.13 bits per heavy atom. The maximum atomic E-state index is 13.1. The molecule has 0 aliphatic rings. The summed E-state index contributed by atoms with van der Waals surface area (Å²) in [5, 5.41) is 12.0. The van der Waals surface area contributed by atoms with Crippen molar-refractivity contribution in [3.05, 3.63) is 49.3 Å². The van der Waals surface area contributed by atoms with Crippen LogP contribution in [-0.4, -0.2) is 46.8 Å². The maximum Gasteiger partial charge on any atom is 0.262 e. The Labute approximate surface area is 169 Å². The first-order valence-electron chi connectivity index (χ1n) is 9.30. The molecule has 0 spiro atoms. The third kappa shape index (κ3) is 3.25. The van der Waals surface area contributed by atoms with Crippen molar-refractivity contribution in [2.75, 3.05) is 11.9 Å². The van der Waals surface area contributed by atoms with E-state index in [4.69, 9.17) is 0 Å². The van der Waals surface area contributed by atoms with Crippen LogP contribution >= 0.6 is 0 Å². The highest BCUT2D eigenvalue weighted by Gasteiger charge is 2.21. The van der Waals surface area contributed by atoms with Crippen molar-refractivity contribution in [3.8, 4) is 22.3 Å². The molecule has 152 valence electrons. The monoisotopic (exact) mass is 408 g/mol. The molecule has 0 atom stereocenters. The number of aryl methyl sites for hydroxylation is 1. The van der Waals surface area contributed by atoms with E-state index in [1.165, 1.54) is 0 Å². The van der Waals surface area contributed by atoms with Crippen LogP contribution in [0.3, 0.4) is 0 Å². The first-order chi connectivity index (χ1) is 14.4. The standard InChI is InChI=1S/C20H18F2N8/c1-20(21,22)11-25-19-24-8-16-14(7-23-18(16)28-19)12-3-4-30-17(5-12)15(9-27-30)13-6-26-29(2)10-13/h3-10H,11H2,1-2H3,(H2,23,24,25,28). The van der Waals surface area contributed by atoms with Crippen LogP contribution in [0.4, 0.5) is 14.7 Å². The third-order valence-corrected chi connectivity index (χ3v) is 4.84. The van der Waals surface area contributed by atoms with Crippen LogP contribution < -0.4 is 5.32 Å². The lowest BCUT2D eigenvalue weighted by Gasteiger charge is -2.10. The van der Waals surface area contributed by atoms with Crippen molar-refractivity contribution in [1.82, 2.24) is 34.3 Å². The van der Waals surface area contributed by atoms with Gasteiger partial charge in [-0.3, -0.25) is 4.68 Å². The number of pyridine rings is 1. The van der Waals surface area contributed by atoms with E-state index < -0.39 is 12.5 Å². The Morgan fingerprint density at radius 3 is 2.77 bits per heavy atom. The van der Waals surface area contributed by atoms with Gasteiger partial charge in [-0.2, -0.15) is 15.2 Å². The summed E-state index contributed by atoms with van der Waals surface area (Å²) in [6.07, 6.45) is 10.9. The van der Waals surface area contributed by atoms with E-state index in [-0.39, 0.29) is 5.95 Å². The molecule has 0 aromatic carbocycles. The van der Waals surface area contributed by atoms with Gasteiger partial charge in [-0.25, -0.2) is 18.3 Å². The Bertz CT molecular complexity index is 1360. The maximum absolute atomic E-state index is 13.1. The van der Waals surface area contributed by atoms with Gasteiger partial charge in [0.1, 0.15) is 5.65 Å². The van der Waals surface area contributed by atoms with Gasteiger partial charge in [0.2, 0.25) is 5.95 Å². The molecule has 0 saturated heterocycles. The first kappa shape index (κ1) is 18.2. The zero-order valence-corrected chi connectivity index (χ0v) is 16.3. The second-order valence-corrected chi connectivity index (χ2v) is 7.29. The predicted molar refractivity (Wildman–Crippen MR) is 109 cm³/mol. The molecule has 0 radical (unpaired) electrons. The molecule has 0 fully saturated rings. The van der Waals surface area contributed by atoms with Crippen LogP contribution in [0.5, 0.6) is 0 Å². The number of aromatic nitrogens is 7. The SMILES string of the molecule is Cn1cc(-c2cnn3ccc(-c4c[nH]c5nc(NCC(C)(F)F)ncc45)cc23)cn1. The summed E-state index contributed by atoms with van der Waals surface area (Å²) in [6.45, 7) is 0.318. The fourth-order valence-electron chi connectivity index (χ4n) is 3.40. The summed E-state index contributed by atoms with van der Waals surface area (Å²) in [5.74, 6) is -2.69. The molecule has 30 heavy (non-hydrogen) atoms. The number of hydrogen-bond acceptors (Lipinski definition) is 5. The van der Waals surface area contributed by atoms with Crippen LogP contribution in [0, 0.1) is 0 Å². The number of fused-ring (bicyclic) bond motifs is 2. The Balaban J connectivity index is 1.53. The van der Waals surface area contributed by atoms with E-state index in [2.05, 4.69) is 30.5 Å². The average Bonchev–Trinajstić information content (AvgIpc) is 3.42. The molecule has 0 aliphatic heterocycles. The van der Waals surface area contributed by atoms with Crippen molar-refractivity contribution in [1.29, 1.82) is 0 Å². The van der Waals surface area contributed by atoms with Crippen molar-refractivity contribution in [2.45, 2.75) is 12.8 Å². The lowest BCUT2D eigenvalue weighted by atomic mass is 10.1. The molecule has 5 heterocycles. The van der Waals surface area contributed by atoms with Gasteiger partial charge in [0.05, 0.1) is 24.5 Å². The summed E-state index contributed by atoms with van der Waals surface area (Å²) in [5.41, 5.74) is 5.35. The number of halogens is 2. The second kappa shape index (κ2) is 6.61. The number of aromatic amines is 1. The minimum absolute atomic E-state index is 0.155. The number of alkyl halides is 2. The minimum atomic E-state index is -2.84. The van der Waals surface area contributed by atoms with Crippen LogP contribution in [0.1, 0.15) is 6.92 Å². The largest absolute Gasteiger partial charge is 0.348 e. The summed E-state index contributed by atoms with van der Waals surface area (Å²) in [7, 11) is 1.87. The van der Waals surface area contributed by atoms with Gasteiger partial charge in [0.25, 0.3) is 5.92 Å². The van der Waals surface area contributed by atoms with E-state index in [1.807, 2.05) is 48.5 Å². The number of nitrogens with one attached hydrogen (secondary N) is 2. The topological polar surface area (TPSA) is 88.7 Å². The lowest BCUT2D eigenvalue weighted by Crippen LogP contribution is -2.23. The van der Waals surface area contributed by atoms with Gasteiger partial charge < -0.3 is 10.3 Å². The van der Waals surface area contributed by atoms with E-state index in [1.54, 1.807) is 17.1 Å². The molecule has 10 heteroatoms. The fourth-order valence-corrected chi connectivity index (χ4v) is 3.40. The molecule has 0 saturated carbocycles. The van der Waals surface area contributed by atoms with Gasteiger partial charge in [0, 0.05) is 60.8 Å². The number of rotatable bonds is 5. The molecule has 0 bridgehead atoms. The van der Waals surface area contributed by atoms with E-state index in [0.29, 0.717) is 5.65 Å². The summed E-state index contributed by atoms with van der Waals surface area (Å²) < 4.78 is 29.7. The molecular weight excluding hydrogens is 390 g/mol. The van der Waals surface area contributed by atoms with Gasteiger partial charge in [0.15, 0.2) is 0 Å². The number of nitrogens with zero attached hydrogens (tertiary/aromatic N) is 6. The zero-order valence-electron chi connectivity index (χ0n) is 16.3. The Morgan fingerprint density at radius 2 is 2.00 bits per heavy atom. The van der Waals surface area contributed by atoms with Crippen LogP contribution in [0.15, 0.2) is 49.3 Å². The summed E-state index contributed by atoms with van der Waals surface area (Å²) in [4.78, 5) is 11.6. The van der Waals surface area contributed by atoms with E-state index in [9.17, 15) is 8.78 Å². The van der Waals surface area contributed by atoms with Gasteiger partial charge in [-0.15, -0.1) is 0 Å². The van der Waals surface area contributed by atoms with Crippen molar-refractivity contribution in [3.63, 3.8) is 0 Å². The highest BCUT2D eigenvalue weighted by Crippen LogP contribution is 2.31. The third-order valence-electron chi connectivity index (χ3n) is 4.84. The minimum Gasteiger partial charge on any atom is -0.348 e. The normalized spacial score (nSPS) is 12.1. The van der Waals surface area contributed by atoms with Crippen LogP contribution in [-0.2, 0) is 7.05 Å². The van der Waals surface area contributed by atoms with E-state index >= 15 is 0 Å². The Hall–Kier alpha value is -3.82. The van der Waals surface area contributed by atoms with Crippen LogP contribution in [0.2, 0.25) is 0 Å². The second-order valence-electron chi connectivity index (χ2n) is 7.29. The highest BCUT2D eigenvalue weighted by atomic mass is 19.3. The fraction of sp³-hybridized carbons (Fsp3) is 0.200. The van der Waals surface area contributed by atoms with Gasteiger partial charge in [-0.1, -0.05) is 0 Å². The Kier molecular flexibility index (Phi) is 4.02. The zero-order chi connectivity index (χ0) is 20.9.